The van der Waals surface area contributed by atoms with Gasteiger partial charge in [0.25, 0.3) is 0 Å². The van der Waals surface area contributed by atoms with Gasteiger partial charge in [-0.1, -0.05) is 51.1 Å². The zero-order chi connectivity index (χ0) is 12.0. The van der Waals surface area contributed by atoms with Crippen molar-refractivity contribution in [2.45, 2.75) is 39.9 Å². The molecule has 1 N–H and O–H groups in total. The van der Waals surface area contributed by atoms with Crippen LogP contribution in [0.2, 0.25) is 0 Å². The predicted octanol–water partition coefficient (Wildman–Crippen LogP) is 3.00. The van der Waals surface area contributed by atoms with Crippen molar-refractivity contribution < 1.29 is 9.84 Å². The minimum Gasteiger partial charge on any atom is -0.392 e. The SMILES string of the molecule is CC(C)(C)[C@@H](O)CCOCc1ccccc1. The van der Waals surface area contributed by atoms with Crippen molar-refractivity contribution in [3.05, 3.63) is 35.9 Å². The summed E-state index contributed by atoms with van der Waals surface area (Å²) in [5, 5.41) is 9.80. The largest absolute Gasteiger partial charge is 0.392 e. The average molecular weight is 222 g/mol. The van der Waals surface area contributed by atoms with Crippen LogP contribution in [0, 0.1) is 5.41 Å². The van der Waals surface area contributed by atoms with E-state index in [1.54, 1.807) is 0 Å². The Hall–Kier alpha value is -0.860. The van der Waals surface area contributed by atoms with Gasteiger partial charge in [-0.25, -0.2) is 0 Å². The summed E-state index contributed by atoms with van der Waals surface area (Å²) in [5.41, 5.74) is 1.11. The zero-order valence-electron chi connectivity index (χ0n) is 10.4. The molecule has 0 aliphatic rings. The first-order chi connectivity index (χ1) is 7.50. The maximum absolute atomic E-state index is 9.80. The molecule has 0 aromatic heterocycles. The van der Waals surface area contributed by atoms with Crippen molar-refractivity contribution >= 4 is 0 Å². The monoisotopic (exact) mass is 222 g/mol. The first kappa shape index (κ1) is 13.2. The highest BCUT2D eigenvalue weighted by atomic mass is 16.5. The topological polar surface area (TPSA) is 29.5 Å². The number of hydrogen-bond acceptors (Lipinski definition) is 2. The fourth-order valence-electron chi connectivity index (χ4n) is 1.39. The molecule has 0 fully saturated rings. The minimum atomic E-state index is -0.303. The molecule has 1 atom stereocenters. The molecule has 1 rings (SSSR count). The molecular formula is C14H22O2. The van der Waals surface area contributed by atoms with Gasteiger partial charge in [-0.2, -0.15) is 0 Å². The standard InChI is InChI=1S/C14H22O2/c1-14(2,3)13(15)9-10-16-11-12-7-5-4-6-8-12/h4-8,13,15H,9-11H2,1-3H3/t13-/m0/s1. The molecule has 90 valence electrons. The van der Waals surface area contributed by atoms with Crippen LogP contribution in [0.4, 0.5) is 0 Å². The third kappa shape index (κ3) is 4.77. The molecule has 2 nitrogen and oxygen atoms in total. The van der Waals surface area contributed by atoms with Gasteiger partial charge in [-0.15, -0.1) is 0 Å². The van der Waals surface area contributed by atoms with Crippen LogP contribution in [0.1, 0.15) is 32.8 Å². The first-order valence-corrected chi connectivity index (χ1v) is 5.80. The van der Waals surface area contributed by atoms with E-state index in [1.165, 1.54) is 5.56 Å². The molecule has 0 radical (unpaired) electrons. The van der Waals surface area contributed by atoms with Crippen LogP contribution in [0.25, 0.3) is 0 Å². The van der Waals surface area contributed by atoms with Crippen molar-refractivity contribution in [2.24, 2.45) is 5.41 Å². The molecule has 0 bridgehead atoms. The Bertz CT molecular complexity index is 287. The van der Waals surface area contributed by atoms with Crippen molar-refractivity contribution in [3.8, 4) is 0 Å². The average Bonchev–Trinajstić information content (AvgIpc) is 2.24. The third-order valence-corrected chi connectivity index (χ3v) is 2.65. The summed E-state index contributed by atoms with van der Waals surface area (Å²) in [6.45, 7) is 7.34. The van der Waals surface area contributed by atoms with Gasteiger partial charge in [-0.05, 0) is 17.4 Å². The molecule has 0 aliphatic carbocycles. The van der Waals surface area contributed by atoms with Gasteiger partial charge >= 0.3 is 0 Å². The van der Waals surface area contributed by atoms with Crippen LogP contribution in [0.15, 0.2) is 30.3 Å². The molecule has 0 aliphatic heterocycles. The Labute approximate surface area is 98.3 Å². The second-order valence-corrected chi connectivity index (χ2v) is 5.21. The lowest BCUT2D eigenvalue weighted by atomic mass is 9.87. The number of hydrogen-bond donors (Lipinski definition) is 1. The summed E-state index contributed by atoms with van der Waals surface area (Å²) in [4.78, 5) is 0. The van der Waals surface area contributed by atoms with Gasteiger partial charge in [0.2, 0.25) is 0 Å². The van der Waals surface area contributed by atoms with E-state index >= 15 is 0 Å². The van der Waals surface area contributed by atoms with Crippen LogP contribution < -0.4 is 0 Å². The maximum atomic E-state index is 9.80. The van der Waals surface area contributed by atoms with Crippen LogP contribution in [-0.2, 0) is 11.3 Å². The van der Waals surface area contributed by atoms with Crippen LogP contribution in [0.3, 0.4) is 0 Å². The first-order valence-electron chi connectivity index (χ1n) is 5.80. The van der Waals surface area contributed by atoms with E-state index in [9.17, 15) is 5.11 Å². The van der Waals surface area contributed by atoms with Crippen molar-refractivity contribution in [2.75, 3.05) is 6.61 Å². The van der Waals surface area contributed by atoms with Gasteiger partial charge in [0.1, 0.15) is 0 Å². The highest BCUT2D eigenvalue weighted by Crippen LogP contribution is 2.21. The Morgan fingerprint density at radius 2 is 1.81 bits per heavy atom. The van der Waals surface area contributed by atoms with Crippen molar-refractivity contribution in [3.63, 3.8) is 0 Å². The Kier molecular flexibility index (Phi) is 4.97. The summed E-state index contributed by atoms with van der Waals surface area (Å²) >= 11 is 0. The molecule has 0 heterocycles. The molecule has 2 heteroatoms. The summed E-state index contributed by atoms with van der Waals surface area (Å²) in [6.07, 6.45) is 0.388. The normalized spacial score (nSPS) is 13.8. The van der Waals surface area contributed by atoms with E-state index in [0.717, 1.165) is 0 Å². The van der Waals surface area contributed by atoms with Gasteiger partial charge in [0, 0.05) is 6.61 Å². The third-order valence-electron chi connectivity index (χ3n) is 2.65. The fourth-order valence-corrected chi connectivity index (χ4v) is 1.39. The second kappa shape index (κ2) is 6.02. The predicted molar refractivity (Wildman–Crippen MR) is 66.2 cm³/mol. The Morgan fingerprint density at radius 3 is 2.38 bits per heavy atom. The van der Waals surface area contributed by atoms with Crippen LogP contribution in [-0.4, -0.2) is 17.8 Å². The molecule has 0 saturated heterocycles. The van der Waals surface area contributed by atoms with E-state index in [4.69, 9.17) is 4.74 Å². The molecule has 0 unspecified atom stereocenters. The van der Waals surface area contributed by atoms with Crippen molar-refractivity contribution in [1.29, 1.82) is 0 Å². The number of ether oxygens (including phenoxy) is 1. The lowest BCUT2D eigenvalue weighted by Crippen LogP contribution is -2.27. The number of benzene rings is 1. The van der Waals surface area contributed by atoms with E-state index < -0.39 is 0 Å². The summed E-state index contributed by atoms with van der Waals surface area (Å²) in [5.74, 6) is 0. The molecule has 0 amide bonds. The highest BCUT2D eigenvalue weighted by molar-refractivity contribution is 5.13. The van der Waals surface area contributed by atoms with Crippen LogP contribution >= 0.6 is 0 Å². The number of aliphatic hydroxyl groups is 1. The summed E-state index contributed by atoms with van der Waals surface area (Å²) in [7, 11) is 0. The quantitative estimate of drug-likeness (QED) is 0.776. The second-order valence-electron chi connectivity index (χ2n) is 5.21. The fraction of sp³-hybridized carbons (Fsp3) is 0.571. The number of rotatable bonds is 5. The Balaban J connectivity index is 2.18. The summed E-state index contributed by atoms with van der Waals surface area (Å²) in [6, 6.07) is 10.1. The minimum absolute atomic E-state index is 0.0594. The molecular weight excluding hydrogens is 200 g/mol. The van der Waals surface area contributed by atoms with Gasteiger partial charge in [0.15, 0.2) is 0 Å². The molecule has 1 aromatic carbocycles. The van der Waals surface area contributed by atoms with E-state index in [1.807, 2.05) is 51.1 Å². The molecule has 0 spiro atoms. The number of aliphatic hydroxyl groups excluding tert-OH is 1. The van der Waals surface area contributed by atoms with Crippen LogP contribution in [0.5, 0.6) is 0 Å². The maximum Gasteiger partial charge on any atom is 0.0716 e. The zero-order valence-corrected chi connectivity index (χ0v) is 10.4. The molecule has 16 heavy (non-hydrogen) atoms. The van der Waals surface area contributed by atoms with E-state index in [-0.39, 0.29) is 11.5 Å². The van der Waals surface area contributed by atoms with E-state index in [0.29, 0.717) is 19.6 Å². The van der Waals surface area contributed by atoms with E-state index in [2.05, 4.69) is 0 Å². The van der Waals surface area contributed by atoms with Gasteiger partial charge in [-0.3, -0.25) is 0 Å². The van der Waals surface area contributed by atoms with Gasteiger partial charge in [0.05, 0.1) is 12.7 Å². The lowest BCUT2D eigenvalue weighted by molar-refractivity contribution is 0.0187. The lowest BCUT2D eigenvalue weighted by Gasteiger charge is -2.25. The molecule has 0 saturated carbocycles. The highest BCUT2D eigenvalue weighted by Gasteiger charge is 2.21. The summed E-state index contributed by atoms with van der Waals surface area (Å²) < 4.78 is 5.53. The van der Waals surface area contributed by atoms with Gasteiger partial charge < -0.3 is 9.84 Å². The van der Waals surface area contributed by atoms with Crippen molar-refractivity contribution in [1.82, 2.24) is 0 Å². The Morgan fingerprint density at radius 1 is 1.19 bits per heavy atom. The smallest absolute Gasteiger partial charge is 0.0716 e. The molecule has 1 aromatic rings.